The first-order valence-corrected chi connectivity index (χ1v) is 8.90. The number of hydrogen-bond acceptors (Lipinski definition) is 3. The van der Waals surface area contributed by atoms with Crippen molar-refractivity contribution in [2.45, 2.75) is 12.5 Å². The summed E-state index contributed by atoms with van der Waals surface area (Å²) in [5.74, 6) is -1.21. The van der Waals surface area contributed by atoms with Gasteiger partial charge in [-0.2, -0.15) is 0 Å². The van der Waals surface area contributed by atoms with Crippen molar-refractivity contribution in [3.8, 4) is 11.1 Å². The second kappa shape index (κ2) is 7.23. The monoisotopic (exact) mass is 375 g/mol. The van der Waals surface area contributed by atoms with Gasteiger partial charge < -0.3 is 10.2 Å². The van der Waals surface area contributed by atoms with Crippen LogP contribution in [0, 0.1) is 5.82 Å². The lowest BCUT2D eigenvalue weighted by Gasteiger charge is -2.21. The zero-order chi connectivity index (χ0) is 19.7. The van der Waals surface area contributed by atoms with E-state index >= 15 is 0 Å². The summed E-state index contributed by atoms with van der Waals surface area (Å²) < 4.78 is 13.6. The average molecular weight is 375 g/mol. The summed E-state index contributed by atoms with van der Waals surface area (Å²) in [5, 5.41) is 2.73. The Morgan fingerprint density at radius 2 is 1.68 bits per heavy atom. The molecule has 0 aliphatic carbocycles. The Morgan fingerprint density at radius 3 is 2.39 bits per heavy atom. The van der Waals surface area contributed by atoms with E-state index in [-0.39, 0.29) is 11.5 Å². The minimum atomic E-state index is -0.722. The smallest absolute Gasteiger partial charge is 0.254 e. The summed E-state index contributed by atoms with van der Waals surface area (Å²) in [4.78, 5) is 30.8. The van der Waals surface area contributed by atoms with Gasteiger partial charge in [0.1, 0.15) is 11.9 Å². The molecule has 5 nitrogen and oxygen atoms in total. The van der Waals surface area contributed by atoms with E-state index in [0.717, 1.165) is 22.8 Å². The molecule has 0 fully saturated rings. The third-order valence-electron chi connectivity index (χ3n) is 4.91. The van der Waals surface area contributed by atoms with E-state index < -0.39 is 17.8 Å². The third kappa shape index (κ3) is 3.36. The van der Waals surface area contributed by atoms with Gasteiger partial charge in [0.2, 0.25) is 5.91 Å². The van der Waals surface area contributed by atoms with E-state index in [1.54, 1.807) is 19.4 Å². The van der Waals surface area contributed by atoms with E-state index in [2.05, 4.69) is 10.3 Å². The average Bonchev–Trinajstić information content (AvgIpc) is 2.80. The molecule has 1 unspecified atom stereocenters. The summed E-state index contributed by atoms with van der Waals surface area (Å²) in [7, 11) is 1.60. The Morgan fingerprint density at radius 1 is 1.00 bits per heavy atom. The number of benzene rings is 2. The minimum Gasteiger partial charge on any atom is -0.340 e. The van der Waals surface area contributed by atoms with Gasteiger partial charge in [0, 0.05) is 25.9 Å². The number of anilines is 1. The number of hydrogen-bond donors (Lipinski definition) is 1. The lowest BCUT2D eigenvalue weighted by atomic mass is 10.0. The Hall–Kier alpha value is -3.54. The van der Waals surface area contributed by atoms with Crippen molar-refractivity contribution >= 4 is 17.5 Å². The first-order valence-electron chi connectivity index (χ1n) is 8.90. The van der Waals surface area contributed by atoms with E-state index in [4.69, 9.17) is 0 Å². The molecule has 3 aromatic rings. The second-order valence-corrected chi connectivity index (χ2v) is 6.72. The molecule has 1 atom stereocenters. The highest BCUT2D eigenvalue weighted by atomic mass is 19.1. The van der Waals surface area contributed by atoms with E-state index in [1.165, 1.54) is 17.0 Å². The Kier molecular flexibility index (Phi) is 4.61. The summed E-state index contributed by atoms with van der Waals surface area (Å²) in [6.07, 6.45) is 3.82. The molecule has 28 heavy (non-hydrogen) atoms. The topological polar surface area (TPSA) is 62.3 Å². The van der Waals surface area contributed by atoms with Crippen LogP contribution < -0.4 is 10.2 Å². The van der Waals surface area contributed by atoms with Crippen molar-refractivity contribution in [3.63, 3.8) is 0 Å². The first-order chi connectivity index (χ1) is 13.5. The number of nitrogens with one attached hydrogen (secondary N) is 1. The Balaban J connectivity index is 1.57. The molecule has 2 heterocycles. The van der Waals surface area contributed by atoms with Crippen molar-refractivity contribution in [2.24, 2.45) is 0 Å². The summed E-state index contributed by atoms with van der Waals surface area (Å²) in [6, 6.07) is 14.8. The molecule has 6 heteroatoms. The van der Waals surface area contributed by atoms with Gasteiger partial charge in [0.15, 0.2) is 0 Å². The maximum Gasteiger partial charge on any atom is 0.254 e. The fraction of sp³-hybridized carbons (Fsp3) is 0.136. The maximum absolute atomic E-state index is 13.6. The molecule has 0 saturated carbocycles. The third-order valence-corrected chi connectivity index (χ3v) is 4.91. The lowest BCUT2D eigenvalue weighted by molar-refractivity contribution is -0.120. The van der Waals surface area contributed by atoms with Crippen LogP contribution in [0.15, 0.2) is 67.0 Å². The fourth-order valence-electron chi connectivity index (χ4n) is 3.38. The molecule has 1 aromatic heterocycles. The van der Waals surface area contributed by atoms with Gasteiger partial charge in [-0.1, -0.05) is 24.3 Å². The van der Waals surface area contributed by atoms with Gasteiger partial charge in [0.25, 0.3) is 5.91 Å². The molecule has 0 spiro atoms. The molecule has 1 aliphatic heterocycles. The molecule has 0 radical (unpaired) electrons. The molecule has 2 aromatic carbocycles. The fourth-order valence-corrected chi connectivity index (χ4v) is 3.38. The Labute approximate surface area is 161 Å². The van der Waals surface area contributed by atoms with Gasteiger partial charge in [-0.15, -0.1) is 0 Å². The highest BCUT2D eigenvalue weighted by Gasteiger charge is 2.32. The maximum atomic E-state index is 13.6. The van der Waals surface area contributed by atoms with Crippen LogP contribution in [-0.4, -0.2) is 29.9 Å². The van der Waals surface area contributed by atoms with Crippen molar-refractivity contribution in [2.75, 3.05) is 11.9 Å². The largest absolute Gasteiger partial charge is 0.340 e. The number of nitrogens with zero attached hydrogens (tertiary/aromatic N) is 2. The highest BCUT2D eigenvalue weighted by Crippen LogP contribution is 2.25. The second-order valence-electron chi connectivity index (χ2n) is 6.72. The number of fused-ring (bicyclic) bond motifs is 1. The normalized spacial score (nSPS) is 16.4. The summed E-state index contributed by atoms with van der Waals surface area (Å²) in [5.41, 5.74) is 3.58. The zero-order valence-electron chi connectivity index (χ0n) is 15.2. The molecule has 0 saturated heterocycles. The molecule has 140 valence electrons. The van der Waals surface area contributed by atoms with Crippen LogP contribution >= 0.6 is 0 Å². The molecule has 4 rings (SSSR count). The molecular weight excluding hydrogens is 357 g/mol. The van der Waals surface area contributed by atoms with Crippen LogP contribution in [0.25, 0.3) is 11.1 Å². The molecule has 2 amide bonds. The Bertz CT molecular complexity index is 1040. The first kappa shape index (κ1) is 17.9. The number of halogens is 1. The van der Waals surface area contributed by atoms with Crippen molar-refractivity contribution in [1.82, 2.24) is 10.3 Å². The van der Waals surface area contributed by atoms with Crippen LogP contribution in [-0.2, 0) is 11.2 Å². The van der Waals surface area contributed by atoms with E-state index in [0.29, 0.717) is 12.1 Å². The van der Waals surface area contributed by atoms with E-state index in [1.807, 2.05) is 36.4 Å². The number of amides is 2. The minimum absolute atomic E-state index is 0.159. The van der Waals surface area contributed by atoms with Gasteiger partial charge >= 0.3 is 0 Å². The van der Waals surface area contributed by atoms with Crippen molar-refractivity contribution in [1.29, 1.82) is 0 Å². The van der Waals surface area contributed by atoms with Gasteiger partial charge in [-0.25, -0.2) is 4.39 Å². The summed E-state index contributed by atoms with van der Waals surface area (Å²) in [6.45, 7) is 0. The number of pyridine rings is 1. The van der Waals surface area contributed by atoms with Gasteiger partial charge in [0.05, 0.1) is 11.3 Å². The number of rotatable bonds is 3. The standard InChI is InChI=1S/C22H18FN3O2/c1-26-20-7-6-17(23)13-18(20)21(27)25-19(22(26)28)12-14-2-4-15(5-3-14)16-8-10-24-11-9-16/h2-11,13,19H,12H2,1H3,(H,25,27). The number of carbonyl (C=O) groups excluding carboxylic acids is 2. The SMILES string of the molecule is CN1C(=O)C(Cc2ccc(-c3ccncc3)cc2)NC(=O)c2cc(F)ccc21. The quantitative estimate of drug-likeness (QED) is 0.765. The van der Waals surface area contributed by atoms with Crippen molar-refractivity contribution in [3.05, 3.63) is 83.9 Å². The molecule has 0 bridgehead atoms. The van der Waals surface area contributed by atoms with Gasteiger partial charge in [-0.05, 0) is 47.0 Å². The van der Waals surface area contributed by atoms with Crippen LogP contribution in [0.4, 0.5) is 10.1 Å². The highest BCUT2D eigenvalue weighted by molar-refractivity contribution is 6.10. The van der Waals surface area contributed by atoms with Crippen LogP contribution in [0.5, 0.6) is 0 Å². The summed E-state index contributed by atoms with van der Waals surface area (Å²) >= 11 is 0. The van der Waals surface area contributed by atoms with Crippen LogP contribution in [0.2, 0.25) is 0 Å². The van der Waals surface area contributed by atoms with Crippen molar-refractivity contribution < 1.29 is 14.0 Å². The predicted octanol–water partition coefficient (Wildman–Crippen LogP) is 3.21. The molecular formula is C22H18FN3O2. The molecule has 1 aliphatic rings. The number of aromatic nitrogens is 1. The van der Waals surface area contributed by atoms with Crippen LogP contribution in [0.3, 0.4) is 0 Å². The predicted molar refractivity (Wildman–Crippen MR) is 104 cm³/mol. The number of carbonyl (C=O) groups is 2. The van der Waals surface area contributed by atoms with E-state index in [9.17, 15) is 14.0 Å². The zero-order valence-corrected chi connectivity index (χ0v) is 15.2. The number of likely N-dealkylation sites (N-methyl/N-ethyl adjacent to an activating group) is 1. The van der Waals surface area contributed by atoms with Gasteiger partial charge in [-0.3, -0.25) is 14.6 Å². The molecule has 1 N–H and O–H groups in total. The van der Waals surface area contributed by atoms with Crippen LogP contribution in [0.1, 0.15) is 15.9 Å². The lowest BCUT2D eigenvalue weighted by Crippen LogP contribution is -2.45.